The molecule has 4 unspecified atom stereocenters. The van der Waals surface area contributed by atoms with E-state index in [4.69, 9.17) is 0 Å². The maximum atomic E-state index is 9.61. The fourth-order valence-corrected chi connectivity index (χ4v) is 2.60. The minimum Gasteiger partial charge on any atom is -0.391 e. The van der Waals surface area contributed by atoms with E-state index in [0.29, 0.717) is 12.0 Å². The van der Waals surface area contributed by atoms with Gasteiger partial charge in [0, 0.05) is 37.6 Å². The Bertz CT molecular complexity index is 327. The smallest absolute Gasteiger partial charge is 0.0758 e. The Balaban J connectivity index is 1.84. The van der Waals surface area contributed by atoms with Crippen molar-refractivity contribution in [2.75, 3.05) is 13.1 Å². The van der Waals surface area contributed by atoms with Crippen LogP contribution in [0.5, 0.6) is 0 Å². The normalized spacial score (nSPS) is 40.4. The van der Waals surface area contributed by atoms with Gasteiger partial charge in [0.25, 0.3) is 0 Å². The van der Waals surface area contributed by atoms with Crippen molar-refractivity contribution in [3.8, 4) is 0 Å². The van der Waals surface area contributed by atoms with E-state index in [1.165, 1.54) is 0 Å². The molecule has 4 nitrogen and oxygen atoms in total. The lowest BCUT2D eigenvalue weighted by Gasteiger charge is -2.26. The Hall–Kier alpha value is -1.00. The Kier molecular flexibility index (Phi) is 1.78. The summed E-state index contributed by atoms with van der Waals surface area (Å²) in [7, 11) is 0. The summed E-state index contributed by atoms with van der Waals surface area (Å²) in [4.78, 5) is 10.7. The van der Waals surface area contributed by atoms with E-state index in [2.05, 4.69) is 14.9 Å². The second kappa shape index (κ2) is 3.00. The van der Waals surface area contributed by atoms with Gasteiger partial charge in [-0.05, 0) is 6.42 Å². The summed E-state index contributed by atoms with van der Waals surface area (Å²) in [5, 5.41) is 9.61. The van der Waals surface area contributed by atoms with Crippen LogP contribution in [0.1, 0.15) is 18.2 Å². The molecule has 14 heavy (non-hydrogen) atoms. The number of aromatic nitrogens is 2. The number of aliphatic hydroxyl groups excluding tert-OH is 1. The van der Waals surface area contributed by atoms with Gasteiger partial charge >= 0.3 is 0 Å². The van der Waals surface area contributed by atoms with Crippen molar-refractivity contribution in [1.29, 1.82) is 0 Å². The number of hydrogen-bond donors (Lipinski definition) is 1. The molecule has 2 fully saturated rings. The van der Waals surface area contributed by atoms with Gasteiger partial charge in [0.1, 0.15) is 0 Å². The highest BCUT2D eigenvalue weighted by Crippen LogP contribution is 2.41. The summed E-state index contributed by atoms with van der Waals surface area (Å²) < 4.78 is 0. The third kappa shape index (κ3) is 1.14. The molecule has 4 heteroatoms. The molecular formula is C10H13N3O. The van der Waals surface area contributed by atoms with Gasteiger partial charge in [-0.3, -0.25) is 14.9 Å². The maximum absolute atomic E-state index is 9.61. The molecule has 1 aromatic rings. The first-order chi connectivity index (χ1) is 6.84. The van der Waals surface area contributed by atoms with Crippen LogP contribution in [0.15, 0.2) is 18.6 Å². The van der Waals surface area contributed by atoms with Gasteiger partial charge in [-0.1, -0.05) is 0 Å². The monoisotopic (exact) mass is 191 g/mol. The maximum Gasteiger partial charge on any atom is 0.0758 e. The zero-order chi connectivity index (χ0) is 9.54. The fraction of sp³-hybridized carbons (Fsp3) is 0.600. The van der Waals surface area contributed by atoms with Crippen LogP contribution >= 0.6 is 0 Å². The molecule has 2 aliphatic heterocycles. The molecule has 0 amide bonds. The standard InChI is InChI=1S/C10H13N3O/c14-10-6-13-5-7(10)3-9(13)8-4-11-1-2-12-8/h1-2,4,7,9-10,14H,3,5-6H2. The Morgan fingerprint density at radius 1 is 1.36 bits per heavy atom. The van der Waals surface area contributed by atoms with E-state index < -0.39 is 0 Å². The van der Waals surface area contributed by atoms with Crippen molar-refractivity contribution < 1.29 is 5.11 Å². The first-order valence-corrected chi connectivity index (χ1v) is 5.02. The molecule has 0 aromatic carbocycles. The van der Waals surface area contributed by atoms with E-state index in [0.717, 1.165) is 25.2 Å². The summed E-state index contributed by atoms with van der Waals surface area (Å²) in [6.07, 6.45) is 6.17. The number of nitrogens with zero attached hydrogens (tertiary/aromatic N) is 3. The van der Waals surface area contributed by atoms with Crippen molar-refractivity contribution in [1.82, 2.24) is 14.9 Å². The third-order valence-corrected chi connectivity index (χ3v) is 3.33. The zero-order valence-corrected chi connectivity index (χ0v) is 7.87. The second-order valence-corrected chi connectivity index (χ2v) is 4.16. The van der Waals surface area contributed by atoms with Gasteiger partial charge in [0.15, 0.2) is 0 Å². The predicted molar refractivity (Wildman–Crippen MR) is 50.5 cm³/mol. The van der Waals surface area contributed by atoms with Gasteiger partial charge in [0.05, 0.1) is 17.8 Å². The van der Waals surface area contributed by atoms with Crippen LogP contribution < -0.4 is 0 Å². The predicted octanol–water partition coefficient (Wildman–Crippen LogP) is 0.214. The molecule has 0 aliphatic carbocycles. The van der Waals surface area contributed by atoms with Crippen molar-refractivity contribution in [2.45, 2.75) is 18.6 Å². The first-order valence-electron chi connectivity index (χ1n) is 5.02. The second-order valence-electron chi connectivity index (χ2n) is 4.16. The Labute approximate surface area is 82.6 Å². The van der Waals surface area contributed by atoms with Gasteiger partial charge in [-0.2, -0.15) is 0 Å². The van der Waals surface area contributed by atoms with Crippen LogP contribution in [-0.2, 0) is 0 Å². The van der Waals surface area contributed by atoms with E-state index in [1.807, 2.05) is 6.20 Å². The van der Waals surface area contributed by atoms with Crippen LogP contribution in [0.25, 0.3) is 0 Å². The molecule has 0 spiro atoms. The molecule has 3 heterocycles. The molecule has 4 atom stereocenters. The van der Waals surface area contributed by atoms with Crippen LogP contribution in [0.3, 0.4) is 0 Å². The summed E-state index contributed by atoms with van der Waals surface area (Å²) in [6.45, 7) is 1.81. The molecule has 0 radical (unpaired) electrons. The minimum absolute atomic E-state index is 0.122. The highest BCUT2D eigenvalue weighted by atomic mass is 16.3. The number of hydrogen-bond acceptors (Lipinski definition) is 4. The number of fused-ring (bicyclic) bond motifs is 2. The molecule has 1 N–H and O–H groups in total. The molecule has 2 bridgehead atoms. The topological polar surface area (TPSA) is 49.2 Å². The molecule has 1 aromatic heterocycles. The fourth-order valence-electron chi connectivity index (χ4n) is 2.60. The molecular weight excluding hydrogens is 178 g/mol. The lowest BCUT2D eigenvalue weighted by Crippen LogP contribution is -2.30. The lowest BCUT2D eigenvalue weighted by atomic mass is 9.96. The Morgan fingerprint density at radius 2 is 2.29 bits per heavy atom. The number of rotatable bonds is 1. The molecule has 2 saturated heterocycles. The average Bonchev–Trinajstić information content (AvgIpc) is 2.77. The van der Waals surface area contributed by atoms with Crippen molar-refractivity contribution in [3.05, 3.63) is 24.3 Å². The molecule has 3 rings (SSSR count). The average molecular weight is 191 g/mol. The summed E-state index contributed by atoms with van der Waals surface area (Å²) in [6, 6.07) is 0.386. The van der Waals surface area contributed by atoms with Crippen molar-refractivity contribution in [3.63, 3.8) is 0 Å². The SMILES string of the molecule is OC1CN2CC1CC2c1cnccn1. The molecule has 0 saturated carbocycles. The van der Waals surface area contributed by atoms with Crippen LogP contribution in [0.2, 0.25) is 0 Å². The third-order valence-electron chi connectivity index (χ3n) is 3.33. The van der Waals surface area contributed by atoms with Gasteiger partial charge < -0.3 is 5.11 Å². The summed E-state index contributed by atoms with van der Waals surface area (Å²) >= 11 is 0. The minimum atomic E-state index is -0.122. The van der Waals surface area contributed by atoms with Gasteiger partial charge in [-0.25, -0.2) is 0 Å². The number of piperidine rings is 1. The molecule has 74 valence electrons. The number of aliphatic hydroxyl groups is 1. The largest absolute Gasteiger partial charge is 0.391 e. The highest BCUT2D eigenvalue weighted by molar-refractivity contribution is 5.10. The summed E-state index contributed by atoms with van der Waals surface area (Å²) in [5.74, 6) is 0.446. The van der Waals surface area contributed by atoms with E-state index in [9.17, 15) is 5.11 Å². The van der Waals surface area contributed by atoms with Gasteiger partial charge in [0.2, 0.25) is 0 Å². The van der Waals surface area contributed by atoms with E-state index >= 15 is 0 Å². The van der Waals surface area contributed by atoms with Crippen LogP contribution in [0, 0.1) is 5.92 Å². The highest BCUT2D eigenvalue weighted by Gasteiger charge is 2.44. The summed E-state index contributed by atoms with van der Waals surface area (Å²) in [5.41, 5.74) is 1.04. The first kappa shape index (κ1) is 8.32. The lowest BCUT2D eigenvalue weighted by molar-refractivity contribution is 0.0947. The Morgan fingerprint density at radius 3 is 2.86 bits per heavy atom. The van der Waals surface area contributed by atoms with Gasteiger partial charge in [-0.15, -0.1) is 0 Å². The molecule has 2 aliphatic rings. The van der Waals surface area contributed by atoms with Crippen LogP contribution in [-0.4, -0.2) is 39.2 Å². The van der Waals surface area contributed by atoms with Crippen molar-refractivity contribution >= 4 is 0 Å². The van der Waals surface area contributed by atoms with E-state index in [1.54, 1.807) is 12.4 Å². The van der Waals surface area contributed by atoms with E-state index in [-0.39, 0.29) is 6.10 Å². The van der Waals surface area contributed by atoms with Crippen LogP contribution in [0.4, 0.5) is 0 Å². The zero-order valence-electron chi connectivity index (χ0n) is 7.87. The quantitative estimate of drug-likeness (QED) is 0.689. The van der Waals surface area contributed by atoms with Crippen molar-refractivity contribution in [2.24, 2.45) is 5.92 Å².